The van der Waals surface area contributed by atoms with Crippen molar-refractivity contribution in [3.63, 3.8) is 0 Å². The number of likely N-dealkylation sites (N-methyl/N-ethyl adjacent to an activating group) is 1. The molecule has 1 aliphatic heterocycles. The number of nitrogens with zero attached hydrogens (tertiary/aromatic N) is 4. The molecule has 2 aliphatic rings. The van der Waals surface area contributed by atoms with Crippen LogP contribution in [-0.4, -0.2) is 74.1 Å². The zero-order valence-electron chi connectivity index (χ0n) is 24.2. The normalized spacial score (nSPS) is 20.0. The number of aryl methyl sites for hydroxylation is 1. The number of rotatable bonds is 6. The summed E-state index contributed by atoms with van der Waals surface area (Å²) >= 11 is 0. The number of methoxy groups -OCH3 is 1. The van der Waals surface area contributed by atoms with Gasteiger partial charge in [-0.25, -0.2) is 9.78 Å². The van der Waals surface area contributed by atoms with Gasteiger partial charge in [-0.2, -0.15) is 13.4 Å². The lowest BCUT2D eigenvalue weighted by atomic mass is 9.88. The maximum absolute atomic E-state index is 13.8. The number of ether oxygens (including phenoxy) is 2. The molecular formula is C28H38N4O6S. The molecule has 0 unspecified atom stereocenters. The van der Waals surface area contributed by atoms with Crippen molar-refractivity contribution in [1.82, 2.24) is 19.8 Å². The van der Waals surface area contributed by atoms with Crippen molar-refractivity contribution in [2.45, 2.75) is 54.5 Å². The number of benzene rings is 1. The molecule has 10 nitrogen and oxygen atoms in total. The summed E-state index contributed by atoms with van der Waals surface area (Å²) in [6.07, 6.45) is 1.41. The van der Waals surface area contributed by atoms with Gasteiger partial charge in [-0.15, -0.1) is 0 Å². The van der Waals surface area contributed by atoms with Gasteiger partial charge in [-0.3, -0.25) is 0 Å². The number of allylic oxidation sites excluding steroid dienone is 4. The Morgan fingerprint density at radius 2 is 1.82 bits per heavy atom. The molecule has 2 heterocycles. The summed E-state index contributed by atoms with van der Waals surface area (Å²) in [6.45, 7) is 15.2. The molecule has 1 saturated heterocycles. The molecule has 1 aromatic carbocycles. The Morgan fingerprint density at radius 3 is 2.44 bits per heavy atom. The van der Waals surface area contributed by atoms with Crippen molar-refractivity contribution in [2.75, 3.05) is 33.8 Å². The number of amides is 1. The molecule has 39 heavy (non-hydrogen) atoms. The molecular weight excluding hydrogens is 520 g/mol. The molecule has 0 N–H and O–H groups in total. The third-order valence-corrected chi connectivity index (χ3v) is 9.19. The van der Waals surface area contributed by atoms with E-state index in [9.17, 15) is 13.2 Å². The Bertz CT molecular complexity index is 1480. The summed E-state index contributed by atoms with van der Waals surface area (Å²) in [4.78, 5) is 25.9. The van der Waals surface area contributed by atoms with Crippen molar-refractivity contribution < 1.29 is 26.9 Å². The third-order valence-electron chi connectivity index (χ3n) is 7.57. The molecule has 212 valence electrons. The predicted molar refractivity (Wildman–Crippen MR) is 149 cm³/mol. The van der Waals surface area contributed by atoms with Gasteiger partial charge in [0.2, 0.25) is 5.88 Å². The van der Waals surface area contributed by atoms with E-state index in [1.54, 1.807) is 17.9 Å². The Morgan fingerprint density at radius 1 is 1.13 bits per heavy atom. The fourth-order valence-corrected chi connectivity index (χ4v) is 6.92. The minimum Gasteiger partial charge on any atom is -0.493 e. The van der Waals surface area contributed by atoms with E-state index in [0.717, 1.165) is 18.7 Å². The van der Waals surface area contributed by atoms with Gasteiger partial charge >= 0.3 is 16.2 Å². The van der Waals surface area contributed by atoms with Crippen LogP contribution in [0.15, 0.2) is 34.3 Å². The molecule has 0 bridgehead atoms. The standard InChI is InChI=1S/C28H38N4O6S/c1-16(2)20-12-17(3)28(6,7)25(20)39(34,35)38-26-21-13-24(23(36-9)14-22(21)29-19(5)30-26)37-27(33)32-11-10-31(8)15-18(32)4/h12-14,16,18H,10-11,15H2,1-9H3/t18-/m1/s1. The first-order chi connectivity index (χ1) is 18.1. The lowest BCUT2D eigenvalue weighted by Crippen LogP contribution is -2.53. The number of carbonyl (C=O) groups excluding carboxylic acids is 1. The Labute approximate surface area is 230 Å². The molecule has 2 aromatic rings. The van der Waals surface area contributed by atoms with Crippen LogP contribution in [0.4, 0.5) is 4.79 Å². The van der Waals surface area contributed by atoms with Gasteiger partial charge in [-0.1, -0.05) is 39.3 Å². The number of piperazine rings is 1. The smallest absolute Gasteiger partial charge is 0.415 e. The summed E-state index contributed by atoms with van der Waals surface area (Å²) < 4.78 is 44.6. The van der Waals surface area contributed by atoms with Crippen LogP contribution in [0.25, 0.3) is 10.9 Å². The van der Waals surface area contributed by atoms with E-state index < -0.39 is 21.6 Å². The maximum atomic E-state index is 13.8. The van der Waals surface area contributed by atoms with Crippen LogP contribution in [0.1, 0.15) is 47.4 Å². The molecule has 1 atom stereocenters. The first-order valence-electron chi connectivity index (χ1n) is 13.1. The van der Waals surface area contributed by atoms with Gasteiger partial charge in [-0.05, 0) is 45.4 Å². The Hall–Kier alpha value is -3.18. The van der Waals surface area contributed by atoms with Gasteiger partial charge in [0.1, 0.15) is 5.82 Å². The van der Waals surface area contributed by atoms with Crippen LogP contribution in [0.3, 0.4) is 0 Å². The zero-order chi connectivity index (χ0) is 28.9. The Kier molecular flexibility index (Phi) is 7.70. The van der Waals surface area contributed by atoms with Crippen molar-refractivity contribution in [3.8, 4) is 17.4 Å². The fraction of sp³-hybridized carbons (Fsp3) is 0.536. The highest BCUT2D eigenvalue weighted by Gasteiger charge is 2.43. The number of fused-ring (bicyclic) bond motifs is 1. The second-order valence-electron chi connectivity index (χ2n) is 11.2. The molecule has 1 amide bonds. The number of hydrogen-bond donors (Lipinski definition) is 0. The monoisotopic (exact) mass is 558 g/mol. The SMILES string of the molecule is COc1cc2nc(C)nc(OS(=O)(=O)C3=C(C(C)C)C=C(C)C3(C)C)c2cc1OC(=O)N1CCN(C)C[C@H]1C. The van der Waals surface area contributed by atoms with Crippen molar-refractivity contribution in [1.29, 1.82) is 0 Å². The summed E-state index contributed by atoms with van der Waals surface area (Å²) in [5.74, 6) is 0.569. The summed E-state index contributed by atoms with van der Waals surface area (Å²) in [5.41, 5.74) is 1.31. The van der Waals surface area contributed by atoms with Crippen LogP contribution in [-0.2, 0) is 10.1 Å². The van der Waals surface area contributed by atoms with E-state index in [2.05, 4.69) is 14.9 Å². The predicted octanol–water partition coefficient (Wildman–Crippen LogP) is 4.69. The molecule has 1 aromatic heterocycles. The molecule has 4 rings (SSSR count). The van der Waals surface area contributed by atoms with E-state index in [-0.39, 0.29) is 39.6 Å². The zero-order valence-corrected chi connectivity index (χ0v) is 25.0. The quantitative estimate of drug-likeness (QED) is 0.466. The van der Waals surface area contributed by atoms with Gasteiger partial charge in [0.15, 0.2) is 11.5 Å². The second kappa shape index (κ2) is 10.4. The molecule has 1 fully saturated rings. The highest BCUT2D eigenvalue weighted by atomic mass is 32.2. The second-order valence-corrected chi connectivity index (χ2v) is 12.7. The summed E-state index contributed by atoms with van der Waals surface area (Å²) in [5, 5.41) is 0.284. The van der Waals surface area contributed by atoms with E-state index in [0.29, 0.717) is 23.5 Å². The lowest BCUT2D eigenvalue weighted by molar-refractivity contribution is 0.0886. The minimum absolute atomic E-state index is 0.0220. The van der Waals surface area contributed by atoms with Crippen molar-refractivity contribution >= 4 is 27.1 Å². The first kappa shape index (κ1) is 28.8. The first-order valence-corrected chi connectivity index (χ1v) is 14.5. The summed E-state index contributed by atoms with van der Waals surface area (Å²) in [6, 6.07) is 3.05. The summed E-state index contributed by atoms with van der Waals surface area (Å²) in [7, 11) is -0.782. The Balaban J connectivity index is 1.76. The van der Waals surface area contributed by atoms with Gasteiger partial charge in [0.25, 0.3) is 0 Å². The van der Waals surface area contributed by atoms with Crippen LogP contribution < -0.4 is 13.7 Å². The van der Waals surface area contributed by atoms with Crippen LogP contribution in [0.2, 0.25) is 0 Å². The van der Waals surface area contributed by atoms with Gasteiger partial charge < -0.3 is 23.5 Å². The molecule has 1 aliphatic carbocycles. The molecule has 11 heteroatoms. The lowest BCUT2D eigenvalue weighted by Gasteiger charge is -2.37. The minimum atomic E-state index is -4.25. The van der Waals surface area contributed by atoms with Crippen LogP contribution in [0, 0.1) is 18.3 Å². The van der Waals surface area contributed by atoms with E-state index in [1.807, 2.05) is 54.7 Å². The van der Waals surface area contributed by atoms with Gasteiger partial charge in [0, 0.05) is 37.2 Å². The molecule has 0 saturated carbocycles. The van der Waals surface area contributed by atoms with E-state index >= 15 is 0 Å². The fourth-order valence-electron chi connectivity index (χ4n) is 5.14. The van der Waals surface area contributed by atoms with Crippen LogP contribution >= 0.6 is 0 Å². The topological polar surface area (TPSA) is 111 Å². The largest absolute Gasteiger partial charge is 0.493 e. The highest BCUT2D eigenvalue weighted by Crippen LogP contribution is 2.48. The van der Waals surface area contributed by atoms with Crippen molar-refractivity contribution in [3.05, 3.63) is 40.1 Å². The average Bonchev–Trinajstić information content (AvgIpc) is 3.08. The molecule has 0 spiro atoms. The maximum Gasteiger partial charge on any atom is 0.415 e. The number of carbonyl (C=O) groups is 1. The van der Waals surface area contributed by atoms with Gasteiger partial charge in [0.05, 0.1) is 22.9 Å². The van der Waals surface area contributed by atoms with Crippen molar-refractivity contribution in [2.24, 2.45) is 11.3 Å². The van der Waals surface area contributed by atoms with E-state index in [4.69, 9.17) is 13.7 Å². The highest BCUT2D eigenvalue weighted by molar-refractivity contribution is 7.91. The van der Waals surface area contributed by atoms with Crippen LogP contribution in [0.5, 0.6) is 17.4 Å². The number of aromatic nitrogens is 2. The molecule has 0 radical (unpaired) electrons. The van der Waals surface area contributed by atoms with E-state index in [1.165, 1.54) is 13.2 Å². The average molecular weight is 559 g/mol. The number of hydrogen-bond acceptors (Lipinski definition) is 9. The third kappa shape index (κ3) is 5.47.